The molecule has 1 atom stereocenters. The summed E-state index contributed by atoms with van der Waals surface area (Å²) >= 11 is 0. The maximum Gasteiger partial charge on any atom is 0.308 e. The van der Waals surface area contributed by atoms with Gasteiger partial charge in [0.25, 0.3) is 0 Å². The van der Waals surface area contributed by atoms with E-state index in [-0.39, 0.29) is 31.4 Å². The highest BCUT2D eigenvalue weighted by atomic mass is 16.5. The fraction of sp³-hybridized carbons (Fsp3) is 0.593. The summed E-state index contributed by atoms with van der Waals surface area (Å²) in [6.45, 7) is 6.59. The zero-order valence-electron chi connectivity index (χ0n) is 20.6. The number of nitrogens with one attached hydrogen (secondary N) is 2. The van der Waals surface area contributed by atoms with Crippen LogP contribution in [-0.4, -0.2) is 61.5 Å². The summed E-state index contributed by atoms with van der Waals surface area (Å²) in [4.78, 5) is 39.2. The molecule has 0 aromatic heterocycles. The third-order valence-electron chi connectivity index (χ3n) is 5.82. The Morgan fingerprint density at radius 3 is 2.59 bits per heavy atom. The number of esters is 1. The number of hydrogen-bond acceptors (Lipinski definition) is 5. The Balaban J connectivity index is 1.92. The fourth-order valence-corrected chi connectivity index (χ4v) is 4.06. The van der Waals surface area contributed by atoms with Crippen LogP contribution in [0.1, 0.15) is 64.4 Å². The third kappa shape index (κ3) is 10.8. The van der Waals surface area contributed by atoms with Crippen LogP contribution in [0.5, 0.6) is 0 Å². The van der Waals surface area contributed by atoms with Gasteiger partial charge in [0.15, 0.2) is 0 Å². The van der Waals surface area contributed by atoms with Crippen molar-refractivity contribution in [1.82, 2.24) is 15.5 Å². The molecule has 0 radical (unpaired) electrons. The number of piperidine rings is 1. The smallest absolute Gasteiger partial charge is 0.308 e. The molecule has 1 aliphatic rings. The molecule has 1 unspecified atom stereocenters. The van der Waals surface area contributed by atoms with Crippen LogP contribution < -0.4 is 10.6 Å². The Bertz CT molecular complexity index is 825. The lowest BCUT2D eigenvalue weighted by Gasteiger charge is -2.24. The molecule has 1 heterocycles. The van der Waals surface area contributed by atoms with Crippen LogP contribution in [0.15, 0.2) is 30.3 Å². The van der Waals surface area contributed by atoms with Crippen molar-refractivity contribution in [1.29, 1.82) is 0 Å². The molecule has 1 aromatic rings. The minimum absolute atomic E-state index is 0.00301. The molecule has 34 heavy (non-hydrogen) atoms. The van der Waals surface area contributed by atoms with E-state index in [1.165, 1.54) is 12.8 Å². The number of ether oxygens (including phenoxy) is 1. The molecule has 1 aromatic carbocycles. The molecule has 2 rings (SSSR count). The molecule has 0 bridgehead atoms. The Morgan fingerprint density at radius 1 is 1.18 bits per heavy atom. The quantitative estimate of drug-likeness (QED) is 0.363. The SMILES string of the molecule is CCCN(CC(=O)NC(C#Cc1ccccc1)CC(=O)OCC)C(=O)CCCC1CCNCC1. The van der Waals surface area contributed by atoms with Gasteiger partial charge in [-0.1, -0.05) is 37.0 Å². The second-order valence-electron chi connectivity index (χ2n) is 8.67. The molecular formula is C27H39N3O4. The van der Waals surface area contributed by atoms with Crippen molar-refractivity contribution >= 4 is 17.8 Å². The number of rotatable bonds is 12. The second-order valence-corrected chi connectivity index (χ2v) is 8.67. The first-order valence-corrected chi connectivity index (χ1v) is 12.5. The van der Waals surface area contributed by atoms with Crippen LogP contribution in [0.25, 0.3) is 0 Å². The Morgan fingerprint density at radius 2 is 1.91 bits per heavy atom. The van der Waals surface area contributed by atoms with Crippen molar-refractivity contribution in [3.05, 3.63) is 35.9 Å². The van der Waals surface area contributed by atoms with Gasteiger partial charge in [-0.25, -0.2) is 0 Å². The first-order valence-electron chi connectivity index (χ1n) is 12.5. The highest BCUT2D eigenvalue weighted by molar-refractivity contribution is 5.85. The maximum absolute atomic E-state index is 12.8. The van der Waals surface area contributed by atoms with E-state index in [1.54, 1.807) is 11.8 Å². The largest absolute Gasteiger partial charge is 0.466 e. The predicted octanol–water partition coefficient (Wildman–Crippen LogP) is 2.88. The van der Waals surface area contributed by atoms with Gasteiger partial charge in [0, 0.05) is 18.5 Å². The molecule has 2 N–H and O–H groups in total. The molecule has 0 spiro atoms. The van der Waals surface area contributed by atoms with Gasteiger partial charge in [0.1, 0.15) is 6.04 Å². The summed E-state index contributed by atoms with van der Waals surface area (Å²) in [7, 11) is 0. The summed E-state index contributed by atoms with van der Waals surface area (Å²) in [5.74, 6) is 5.91. The van der Waals surface area contributed by atoms with Gasteiger partial charge in [-0.3, -0.25) is 14.4 Å². The van der Waals surface area contributed by atoms with Crippen molar-refractivity contribution in [2.45, 2.75) is 64.8 Å². The van der Waals surface area contributed by atoms with Gasteiger partial charge in [-0.2, -0.15) is 0 Å². The molecular weight excluding hydrogens is 430 g/mol. The molecule has 7 nitrogen and oxygen atoms in total. The topological polar surface area (TPSA) is 87.7 Å². The van der Waals surface area contributed by atoms with Gasteiger partial charge in [-0.15, -0.1) is 0 Å². The van der Waals surface area contributed by atoms with E-state index >= 15 is 0 Å². The molecule has 1 saturated heterocycles. The van der Waals surface area contributed by atoms with E-state index in [9.17, 15) is 14.4 Å². The third-order valence-corrected chi connectivity index (χ3v) is 5.82. The number of hydrogen-bond donors (Lipinski definition) is 2. The van der Waals surface area contributed by atoms with E-state index in [1.807, 2.05) is 37.3 Å². The molecule has 1 aliphatic heterocycles. The predicted molar refractivity (Wildman–Crippen MR) is 133 cm³/mol. The van der Waals surface area contributed by atoms with Crippen molar-refractivity contribution in [2.24, 2.45) is 5.92 Å². The molecule has 186 valence electrons. The van der Waals surface area contributed by atoms with Crippen molar-refractivity contribution in [3.8, 4) is 11.8 Å². The van der Waals surface area contributed by atoms with Crippen LogP contribution in [0.2, 0.25) is 0 Å². The average molecular weight is 470 g/mol. The number of carbonyl (C=O) groups is 3. The van der Waals surface area contributed by atoms with E-state index in [0.29, 0.717) is 18.9 Å². The Hall–Kier alpha value is -2.85. The molecule has 2 amide bonds. The lowest BCUT2D eigenvalue weighted by molar-refractivity contribution is -0.143. The standard InChI is InChI=1S/C27H39N3O4/c1-3-19-30(26(32)12-8-11-23-15-17-28-18-16-23)21-25(31)29-24(20-27(33)34-4-2)14-13-22-9-6-5-7-10-22/h5-7,9-10,23-24,28H,3-4,8,11-12,15-21H2,1-2H3,(H,29,31). The second kappa shape index (κ2) is 15.9. The minimum Gasteiger partial charge on any atom is -0.466 e. The first kappa shape index (κ1) is 27.4. The monoisotopic (exact) mass is 469 g/mol. The van der Waals surface area contributed by atoms with Crippen LogP contribution in [0, 0.1) is 17.8 Å². The number of amides is 2. The molecule has 1 fully saturated rings. The summed E-state index contributed by atoms with van der Waals surface area (Å²) in [5, 5.41) is 6.18. The normalized spacial score (nSPS) is 14.4. The minimum atomic E-state index is -0.690. The summed E-state index contributed by atoms with van der Waals surface area (Å²) in [6, 6.07) is 8.69. The van der Waals surface area contributed by atoms with Gasteiger partial charge < -0.3 is 20.3 Å². The lowest BCUT2D eigenvalue weighted by Crippen LogP contribution is -2.44. The highest BCUT2D eigenvalue weighted by Crippen LogP contribution is 2.19. The van der Waals surface area contributed by atoms with Crippen LogP contribution in [0.3, 0.4) is 0 Å². The van der Waals surface area contributed by atoms with Gasteiger partial charge in [0.2, 0.25) is 11.8 Å². The van der Waals surface area contributed by atoms with Crippen molar-refractivity contribution < 1.29 is 19.1 Å². The summed E-state index contributed by atoms with van der Waals surface area (Å²) < 4.78 is 5.03. The number of benzene rings is 1. The Labute approximate surface area is 204 Å². The zero-order chi connectivity index (χ0) is 24.6. The zero-order valence-corrected chi connectivity index (χ0v) is 20.6. The van der Waals surface area contributed by atoms with Gasteiger partial charge in [0.05, 0.1) is 19.6 Å². The van der Waals surface area contributed by atoms with E-state index < -0.39 is 12.0 Å². The average Bonchev–Trinajstić information content (AvgIpc) is 2.83. The van der Waals surface area contributed by atoms with Gasteiger partial charge in [-0.05, 0) is 70.2 Å². The van der Waals surface area contributed by atoms with Gasteiger partial charge >= 0.3 is 5.97 Å². The molecule has 7 heteroatoms. The first-order chi connectivity index (χ1) is 16.5. The molecule has 0 aliphatic carbocycles. The van der Waals surface area contributed by atoms with E-state index in [4.69, 9.17) is 4.74 Å². The van der Waals surface area contributed by atoms with Crippen molar-refractivity contribution in [3.63, 3.8) is 0 Å². The Kier molecular flexibility index (Phi) is 12.8. The van der Waals surface area contributed by atoms with E-state index in [0.717, 1.165) is 37.9 Å². The van der Waals surface area contributed by atoms with Crippen LogP contribution in [-0.2, 0) is 19.1 Å². The van der Waals surface area contributed by atoms with E-state index in [2.05, 4.69) is 22.5 Å². The molecule has 0 saturated carbocycles. The maximum atomic E-state index is 12.8. The van der Waals surface area contributed by atoms with Crippen LogP contribution in [0.4, 0.5) is 0 Å². The van der Waals surface area contributed by atoms with Crippen LogP contribution >= 0.6 is 0 Å². The summed E-state index contributed by atoms with van der Waals surface area (Å²) in [5.41, 5.74) is 0.794. The number of carbonyl (C=O) groups excluding carboxylic acids is 3. The highest BCUT2D eigenvalue weighted by Gasteiger charge is 2.21. The lowest BCUT2D eigenvalue weighted by atomic mass is 9.92. The van der Waals surface area contributed by atoms with Crippen molar-refractivity contribution in [2.75, 3.05) is 32.8 Å². The number of nitrogens with zero attached hydrogens (tertiary/aromatic N) is 1. The summed E-state index contributed by atoms with van der Waals surface area (Å²) in [6.07, 6.45) is 5.42. The fourth-order valence-electron chi connectivity index (χ4n) is 4.06.